The van der Waals surface area contributed by atoms with Crippen molar-refractivity contribution in [2.24, 2.45) is 11.7 Å². The minimum Gasteiger partial charge on any atom is -0.385 e. The number of hydrogen-bond donors (Lipinski definition) is 2. The number of hydrogen-bond acceptors (Lipinski definition) is 2. The lowest BCUT2D eigenvalue weighted by Gasteiger charge is -2.11. The van der Waals surface area contributed by atoms with Crippen LogP contribution in [0.5, 0.6) is 0 Å². The van der Waals surface area contributed by atoms with Crippen LogP contribution in [0, 0.1) is 11.7 Å². The molecule has 0 saturated heterocycles. The predicted octanol–water partition coefficient (Wildman–Crippen LogP) is 2.59. The molecule has 0 radical (unpaired) electrons. The summed E-state index contributed by atoms with van der Waals surface area (Å²) in [5.74, 6) is 0.168. The van der Waals surface area contributed by atoms with Gasteiger partial charge in [0.1, 0.15) is 5.82 Å². The molecule has 1 aromatic rings. The average molecular weight is 261 g/mol. The van der Waals surface area contributed by atoms with E-state index in [0.717, 1.165) is 12.2 Å². The van der Waals surface area contributed by atoms with Gasteiger partial charge < -0.3 is 11.1 Å². The molecule has 0 aliphatic carbocycles. The van der Waals surface area contributed by atoms with Crippen molar-refractivity contribution in [3.05, 3.63) is 28.5 Å². The fourth-order valence-corrected chi connectivity index (χ4v) is 1.36. The first kappa shape index (κ1) is 11.5. The molecule has 0 bridgehead atoms. The standard InChI is InChI=1S/C10H14BrFN2/c1-7(5-13)6-14-8-2-3-10(12)9(11)4-8/h2-4,7,14H,5-6,13H2,1H3. The van der Waals surface area contributed by atoms with Crippen LogP contribution in [-0.2, 0) is 0 Å². The Morgan fingerprint density at radius 2 is 2.29 bits per heavy atom. The van der Waals surface area contributed by atoms with E-state index in [0.29, 0.717) is 16.9 Å². The van der Waals surface area contributed by atoms with E-state index >= 15 is 0 Å². The normalized spacial score (nSPS) is 12.6. The van der Waals surface area contributed by atoms with Gasteiger partial charge in [0.25, 0.3) is 0 Å². The fraction of sp³-hybridized carbons (Fsp3) is 0.400. The highest BCUT2D eigenvalue weighted by atomic mass is 79.9. The minimum atomic E-state index is -0.248. The zero-order valence-corrected chi connectivity index (χ0v) is 9.64. The lowest BCUT2D eigenvalue weighted by Crippen LogP contribution is -2.19. The molecule has 1 unspecified atom stereocenters. The molecule has 3 N–H and O–H groups in total. The number of rotatable bonds is 4. The first-order chi connectivity index (χ1) is 6.63. The summed E-state index contributed by atoms with van der Waals surface area (Å²) < 4.78 is 13.3. The number of halogens is 2. The second-order valence-electron chi connectivity index (χ2n) is 3.35. The Labute approximate surface area is 91.8 Å². The maximum Gasteiger partial charge on any atom is 0.137 e. The predicted molar refractivity (Wildman–Crippen MR) is 60.8 cm³/mol. The molecular formula is C10H14BrFN2. The molecule has 0 fully saturated rings. The van der Waals surface area contributed by atoms with Crippen LogP contribution in [0.1, 0.15) is 6.92 Å². The monoisotopic (exact) mass is 260 g/mol. The molecule has 0 saturated carbocycles. The molecule has 1 rings (SSSR count). The molecule has 78 valence electrons. The Balaban J connectivity index is 2.55. The minimum absolute atomic E-state index is 0.248. The summed E-state index contributed by atoms with van der Waals surface area (Å²) in [6, 6.07) is 4.86. The van der Waals surface area contributed by atoms with E-state index in [1.165, 1.54) is 6.07 Å². The van der Waals surface area contributed by atoms with Crippen molar-refractivity contribution in [1.82, 2.24) is 0 Å². The zero-order valence-electron chi connectivity index (χ0n) is 8.06. The third-order valence-electron chi connectivity index (χ3n) is 1.98. The van der Waals surface area contributed by atoms with Gasteiger partial charge in [-0.3, -0.25) is 0 Å². The van der Waals surface area contributed by atoms with Crippen molar-refractivity contribution in [2.75, 3.05) is 18.4 Å². The zero-order chi connectivity index (χ0) is 10.6. The van der Waals surface area contributed by atoms with Gasteiger partial charge in [-0.15, -0.1) is 0 Å². The first-order valence-corrected chi connectivity index (χ1v) is 5.31. The largest absolute Gasteiger partial charge is 0.385 e. The van der Waals surface area contributed by atoms with Crippen LogP contribution in [0.3, 0.4) is 0 Å². The van der Waals surface area contributed by atoms with Crippen LogP contribution in [0.2, 0.25) is 0 Å². The fourth-order valence-electron chi connectivity index (χ4n) is 0.982. The third kappa shape index (κ3) is 3.27. The van der Waals surface area contributed by atoms with Gasteiger partial charge >= 0.3 is 0 Å². The number of nitrogens with one attached hydrogen (secondary N) is 1. The van der Waals surface area contributed by atoms with Crippen LogP contribution in [0.4, 0.5) is 10.1 Å². The van der Waals surface area contributed by atoms with Crippen LogP contribution in [0.25, 0.3) is 0 Å². The Kier molecular flexibility index (Phi) is 4.35. The Morgan fingerprint density at radius 1 is 1.57 bits per heavy atom. The quantitative estimate of drug-likeness (QED) is 0.874. The highest BCUT2D eigenvalue weighted by molar-refractivity contribution is 9.10. The summed E-state index contributed by atoms with van der Waals surface area (Å²) in [5, 5.41) is 3.19. The van der Waals surface area contributed by atoms with Crippen molar-refractivity contribution < 1.29 is 4.39 Å². The molecule has 1 atom stereocenters. The molecule has 4 heteroatoms. The van der Waals surface area contributed by atoms with Gasteiger partial charge in [-0.2, -0.15) is 0 Å². The van der Waals surface area contributed by atoms with Gasteiger partial charge in [-0.25, -0.2) is 4.39 Å². The maximum absolute atomic E-state index is 12.9. The molecule has 0 spiro atoms. The number of benzene rings is 1. The van der Waals surface area contributed by atoms with Gasteiger partial charge in [0, 0.05) is 12.2 Å². The SMILES string of the molecule is CC(CN)CNc1ccc(F)c(Br)c1. The van der Waals surface area contributed by atoms with E-state index in [9.17, 15) is 4.39 Å². The van der Waals surface area contributed by atoms with Crippen LogP contribution < -0.4 is 11.1 Å². The molecule has 1 aromatic carbocycles. The van der Waals surface area contributed by atoms with Gasteiger partial charge in [0.05, 0.1) is 4.47 Å². The summed E-state index contributed by atoms with van der Waals surface area (Å²) in [6.45, 7) is 3.51. The summed E-state index contributed by atoms with van der Waals surface area (Å²) in [4.78, 5) is 0. The smallest absolute Gasteiger partial charge is 0.137 e. The summed E-state index contributed by atoms with van der Waals surface area (Å²) in [6.07, 6.45) is 0. The summed E-state index contributed by atoms with van der Waals surface area (Å²) >= 11 is 3.13. The lowest BCUT2D eigenvalue weighted by molar-refractivity contribution is 0.619. The molecular weight excluding hydrogens is 247 g/mol. The van der Waals surface area contributed by atoms with Gasteiger partial charge in [-0.1, -0.05) is 6.92 Å². The van der Waals surface area contributed by atoms with E-state index in [1.54, 1.807) is 12.1 Å². The van der Waals surface area contributed by atoms with E-state index < -0.39 is 0 Å². The molecule has 0 aromatic heterocycles. The highest BCUT2D eigenvalue weighted by Crippen LogP contribution is 2.19. The second kappa shape index (κ2) is 5.32. The lowest BCUT2D eigenvalue weighted by atomic mass is 10.2. The van der Waals surface area contributed by atoms with Crippen LogP contribution in [-0.4, -0.2) is 13.1 Å². The second-order valence-corrected chi connectivity index (χ2v) is 4.20. The van der Waals surface area contributed by atoms with Crippen molar-refractivity contribution in [2.45, 2.75) is 6.92 Å². The molecule has 0 aliphatic heterocycles. The molecule has 0 heterocycles. The number of nitrogens with two attached hydrogens (primary N) is 1. The van der Waals surface area contributed by atoms with E-state index in [1.807, 2.05) is 0 Å². The van der Waals surface area contributed by atoms with Gasteiger partial charge in [-0.05, 0) is 46.6 Å². The van der Waals surface area contributed by atoms with E-state index in [-0.39, 0.29) is 5.82 Å². The average Bonchev–Trinajstić information content (AvgIpc) is 2.19. The molecule has 0 aliphatic rings. The van der Waals surface area contributed by atoms with Gasteiger partial charge in [0.2, 0.25) is 0 Å². The number of anilines is 1. The van der Waals surface area contributed by atoms with E-state index in [2.05, 4.69) is 28.2 Å². The van der Waals surface area contributed by atoms with Crippen molar-refractivity contribution in [3.8, 4) is 0 Å². The first-order valence-electron chi connectivity index (χ1n) is 4.52. The van der Waals surface area contributed by atoms with E-state index in [4.69, 9.17) is 5.73 Å². The summed E-state index contributed by atoms with van der Waals surface area (Å²) in [7, 11) is 0. The van der Waals surface area contributed by atoms with Gasteiger partial charge in [0.15, 0.2) is 0 Å². The molecule has 2 nitrogen and oxygen atoms in total. The van der Waals surface area contributed by atoms with Crippen molar-refractivity contribution >= 4 is 21.6 Å². The topological polar surface area (TPSA) is 38.0 Å². The highest BCUT2D eigenvalue weighted by Gasteiger charge is 2.01. The summed E-state index contributed by atoms with van der Waals surface area (Å²) in [5.41, 5.74) is 6.38. The third-order valence-corrected chi connectivity index (χ3v) is 2.58. The van der Waals surface area contributed by atoms with Crippen LogP contribution >= 0.6 is 15.9 Å². The molecule has 0 amide bonds. The Bertz CT molecular complexity index is 304. The van der Waals surface area contributed by atoms with Crippen molar-refractivity contribution in [1.29, 1.82) is 0 Å². The Hall–Kier alpha value is -0.610. The molecule has 14 heavy (non-hydrogen) atoms. The van der Waals surface area contributed by atoms with Crippen LogP contribution in [0.15, 0.2) is 22.7 Å². The van der Waals surface area contributed by atoms with Crippen molar-refractivity contribution in [3.63, 3.8) is 0 Å². The maximum atomic E-state index is 12.9. The Morgan fingerprint density at radius 3 is 2.86 bits per heavy atom.